The Morgan fingerprint density at radius 3 is 2.14 bits per heavy atom. The number of benzene rings is 1. The van der Waals surface area contributed by atoms with Crippen LogP contribution in [0.2, 0.25) is 0 Å². The van der Waals surface area contributed by atoms with Gasteiger partial charge in [-0.3, -0.25) is 24.5 Å². The lowest BCUT2D eigenvalue weighted by Crippen LogP contribution is -2.61. The van der Waals surface area contributed by atoms with Crippen molar-refractivity contribution in [3.63, 3.8) is 0 Å². The van der Waals surface area contributed by atoms with Gasteiger partial charge in [0.05, 0.1) is 59.3 Å². The molecule has 0 aromatic heterocycles. The number of aliphatic hydroxyl groups excluding tert-OH is 2. The van der Waals surface area contributed by atoms with E-state index < -0.39 is 119 Å². The minimum absolute atomic E-state index is 0.00841. The van der Waals surface area contributed by atoms with Gasteiger partial charge in [0.15, 0.2) is 18.7 Å². The van der Waals surface area contributed by atoms with Crippen LogP contribution in [-0.2, 0) is 58.7 Å². The number of aliphatic hydroxyl groups is 3. The summed E-state index contributed by atoms with van der Waals surface area (Å²) in [6.07, 6.45) is -9.86. The number of rotatable bonds is 13. The Morgan fingerprint density at radius 1 is 0.939 bits per heavy atom. The molecule has 3 aliphatic heterocycles. The Labute approximate surface area is 389 Å². The molecule has 0 radical (unpaired) electrons. The summed E-state index contributed by atoms with van der Waals surface area (Å²) in [6.45, 7) is 18.9. The van der Waals surface area contributed by atoms with Gasteiger partial charge in [0.25, 0.3) is 5.69 Å². The number of cyclic esters (lactones) is 1. The van der Waals surface area contributed by atoms with Crippen LogP contribution in [0.25, 0.3) is 0 Å². The highest BCUT2D eigenvalue weighted by Crippen LogP contribution is 2.41. The Kier molecular flexibility index (Phi) is 19.1. The van der Waals surface area contributed by atoms with Crippen molar-refractivity contribution in [1.29, 1.82) is 0 Å². The second-order valence-corrected chi connectivity index (χ2v) is 19.5. The number of nitrogens with zero attached hydrogens (tertiary/aromatic N) is 2. The van der Waals surface area contributed by atoms with E-state index in [1.54, 1.807) is 34.6 Å². The maximum Gasteiger partial charge on any atom is 0.311 e. The fourth-order valence-corrected chi connectivity index (χ4v) is 10.0. The molecule has 0 spiro atoms. The smallest absolute Gasteiger partial charge is 0.311 e. The third kappa shape index (κ3) is 12.8. The Hall–Kier alpha value is -3.37. The molecule has 0 aliphatic carbocycles. The van der Waals surface area contributed by atoms with Crippen molar-refractivity contribution in [1.82, 2.24) is 10.2 Å². The normalized spacial score (nSPS) is 41.0. The number of carbonyl (C=O) groups excluding carboxylic acids is 3. The number of hydrogen-bond acceptors (Lipinski definition) is 17. The van der Waals surface area contributed by atoms with Crippen molar-refractivity contribution in [2.75, 3.05) is 27.8 Å². The number of hydrogen-bond donors (Lipinski definition) is 4. The van der Waals surface area contributed by atoms with E-state index in [0.29, 0.717) is 12.0 Å². The highest BCUT2D eigenvalue weighted by molar-refractivity contribution is 5.79. The molecular weight excluding hydrogens is 863 g/mol. The van der Waals surface area contributed by atoms with E-state index in [9.17, 15) is 39.8 Å². The molecule has 0 bridgehead atoms. The van der Waals surface area contributed by atoms with Gasteiger partial charge in [0.1, 0.15) is 23.4 Å². The second kappa shape index (κ2) is 22.8. The van der Waals surface area contributed by atoms with Gasteiger partial charge in [-0.25, -0.2) is 0 Å². The third-order valence-corrected chi connectivity index (χ3v) is 13.9. The van der Waals surface area contributed by atoms with Crippen LogP contribution >= 0.6 is 0 Å². The van der Waals surface area contributed by atoms with Gasteiger partial charge in [-0.2, -0.15) is 0 Å². The van der Waals surface area contributed by atoms with Crippen LogP contribution in [0.15, 0.2) is 24.3 Å². The zero-order valence-corrected chi connectivity index (χ0v) is 41.3. The first kappa shape index (κ1) is 55.2. The summed E-state index contributed by atoms with van der Waals surface area (Å²) in [5, 5.41) is 49.2. The molecular formula is C47H77N3O16. The van der Waals surface area contributed by atoms with E-state index in [-0.39, 0.29) is 50.1 Å². The van der Waals surface area contributed by atoms with E-state index in [0.717, 1.165) is 0 Å². The minimum atomic E-state index is -2.06. The fourth-order valence-electron chi connectivity index (χ4n) is 10.0. The predicted molar refractivity (Wildman–Crippen MR) is 240 cm³/mol. The summed E-state index contributed by atoms with van der Waals surface area (Å²) in [5.41, 5.74) is -4.12. The van der Waals surface area contributed by atoms with E-state index in [4.69, 9.17) is 37.9 Å². The molecule has 4 rings (SSSR count). The van der Waals surface area contributed by atoms with Gasteiger partial charge in [0.2, 0.25) is 5.91 Å². The molecule has 1 aromatic rings. The maximum atomic E-state index is 14.6. The van der Waals surface area contributed by atoms with E-state index in [1.807, 2.05) is 46.7 Å². The maximum absolute atomic E-state index is 14.6. The van der Waals surface area contributed by atoms with E-state index >= 15 is 0 Å². The molecule has 0 unspecified atom stereocenters. The molecule has 3 fully saturated rings. The molecule has 19 nitrogen and oxygen atoms in total. The lowest BCUT2D eigenvalue weighted by atomic mass is 9.78. The fraction of sp³-hybridized carbons (Fsp3) is 0.809. The van der Waals surface area contributed by atoms with Gasteiger partial charge in [-0.15, -0.1) is 0 Å². The number of carbonyl (C=O) groups is 3. The molecule has 376 valence electrons. The number of nitro groups is 1. The number of nitro benzene ring substituents is 1. The summed E-state index contributed by atoms with van der Waals surface area (Å²) in [7, 11) is 5.20. The Bertz CT molecular complexity index is 1780. The molecule has 3 saturated heterocycles. The van der Waals surface area contributed by atoms with E-state index in [2.05, 4.69) is 5.32 Å². The van der Waals surface area contributed by atoms with Crippen LogP contribution in [0.4, 0.5) is 5.69 Å². The number of nitrogens with one attached hydrogen (secondary N) is 1. The SMILES string of the molecule is CCO[C@@]1(C)C[C@@H](C)NC(=O)[C@@H](C)[C@@H](O)[C@](C)(O)[C@H](CC)OC(=O)[C@H](C)[C@H](O[C@H]2C[C@@](C)(OC)[C@@H](OC(=O)Cc3ccc([N+](=O)[O-])cc3)[C@H](C)O2)[C@H](C)[C@H]1O[C@@H]1O[C@H](C)C[C@H](N(C)C)[C@H]1O. The number of methoxy groups -OCH3 is 1. The van der Waals surface area contributed by atoms with Crippen molar-refractivity contribution in [2.45, 2.75) is 199 Å². The first-order valence-electron chi connectivity index (χ1n) is 23.2. The van der Waals surface area contributed by atoms with Crippen LogP contribution in [0, 0.1) is 27.9 Å². The van der Waals surface area contributed by atoms with Gasteiger partial charge in [0, 0.05) is 50.3 Å². The summed E-state index contributed by atoms with van der Waals surface area (Å²) in [4.78, 5) is 54.2. The first-order valence-corrected chi connectivity index (χ1v) is 23.2. The van der Waals surface area contributed by atoms with Gasteiger partial charge >= 0.3 is 11.9 Å². The van der Waals surface area contributed by atoms with Crippen LogP contribution in [0.5, 0.6) is 0 Å². The number of esters is 2. The minimum Gasteiger partial charge on any atom is -0.459 e. The number of amides is 1. The predicted octanol–water partition coefficient (Wildman–Crippen LogP) is 3.83. The van der Waals surface area contributed by atoms with Gasteiger partial charge in [-0.05, 0) is 94.3 Å². The molecule has 3 heterocycles. The lowest BCUT2D eigenvalue weighted by molar-refractivity contribution is -0.384. The molecule has 4 N–H and O–H groups in total. The molecule has 0 saturated carbocycles. The topological polar surface area (TPSA) is 244 Å². The van der Waals surface area contributed by atoms with Crippen molar-refractivity contribution >= 4 is 23.5 Å². The van der Waals surface area contributed by atoms with Crippen LogP contribution < -0.4 is 5.32 Å². The highest BCUT2D eigenvalue weighted by Gasteiger charge is 2.54. The molecule has 18 atom stereocenters. The van der Waals surface area contributed by atoms with Gasteiger partial charge in [-0.1, -0.05) is 32.9 Å². The van der Waals surface area contributed by atoms with Crippen molar-refractivity contribution in [3.8, 4) is 0 Å². The molecule has 1 amide bonds. The van der Waals surface area contributed by atoms with Crippen molar-refractivity contribution < 1.29 is 72.5 Å². The first-order chi connectivity index (χ1) is 30.7. The molecule has 19 heteroatoms. The van der Waals surface area contributed by atoms with Crippen molar-refractivity contribution in [2.24, 2.45) is 17.8 Å². The van der Waals surface area contributed by atoms with Gasteiger partial charge < -0.3 is 63.4 Å². The average Bonchev–Trinajstić information content (AvgIpc) is 3.24. The van der Waals surface area contributed by atoms with Crippen LogP contribution in [0.3, 0.4) is 0 Å². The standard InChI is InChI=1S/C47H77N3O16/c1-15-34-47(11,56)39(53)29(7)42(54)48-25(3)23-46(10,60-16-2)40(66-44-37(52)33(49(12)13)21-26(4)61-44)27(5)38(28(6)43(55)63-34)65-36-24-45(9,59-14)41(30(8)62-36)64-35(51)22-31-17-19-32(20-18-31)50(57)58/h17-20,25-30,33-34,36-41,44,52-53,56H,15-16,21-24H2,1-14H3,(H,48,54)/t25-,26-,27+,28-,29+,30+,33+,34+,36+,37-,38-,39-,40-,41+,44+,45-,46+,47-/m1/s1. The number of ether oxygens (including phenoxy) is 8. The monoisotopic (exact) mass is 940 g/mol. The Morgan fingerprint density at radius 2 is 1.58 bits per heavy atom. The molecule has 1 aromatic carbocycles. The molecule has 3 aliphatic rings. The summed E-state index contributed by atoms with van der Waals surface area (Å²) in [6, 6.07) is 4.67. The Balaban J connectivity index is 1.80. The van der Waals surface area contributed by atoms with Crippen molar-refractivity contribution in [3.05, 3.63) is 39.9 Å². The average molecular weight is 940 g/mol. The lowest BCUT2D eigenvalue weighted by Gasteiger charge is -2.50. The zero-order chi connectivity index (χ0) is 49.6. The zero-order valence-electron chi connectivity index (χ0n) is 41.3. The molecule has 66 heavy (non-hydrogen) atoms. The third-order valence-electron chi connectivity index (χ3n) is 13.9. The largest absolute Gasteiger partial charge is 0.459 e. The highest BCUT2D eigenvalue weighted by atomic mass is 16.7. The number of non-ortho nitro benzene ring substituents is 1. The summed E-state index contributed by atoms with van der Waals surface area (Å²) < 4.78 is 51.4. The van der Waals surface area contributed by atoms with Crippen LogP contribution in [-0.4, -0.2) is 161 Å². The van der Waals surface area contributed by atoms with E-state index in [1.165, 1.54) is 45.2 Å². The van der Waals surface area contributed by atoms with Crippen LogP contribution in [0.1, 0.15) is 107 Å². The summed E-state index contributed by atoms with van der Waals surface area (Å²) in [5.74, 6) is -4.99. The number of likely N-dealkylation sites (N-methyl/N-ethyl adjacent to an activating group) is 1. The summed E-state index contributed by atoms with van der Waals surface area (Å²) >= 11 is 0. The second-order valence-electron chi connectivity index (χ2n) is 19.5. The quantitative estimate of drug-likeness (QED) is 0.125.